The molecular formula is C20H23N3O2. The summed E-state index contributed by atoms with van der Waals surface area (Å²) in [5.41, 5.74) is 8.93. The van der Waals surface area contributed by atoms with Gasteiger partial charge in [0.15, 0.2) is 0 Å². The summed E-state index contributed by atoms with van der Waals surface area (Å²) in [6.45, 7) is 8.29. The third-order valence-corrected chi connectivity index (χ3v) is 4.18. The Balaban J connectivity index is 1.51. The third-order valence-electron chi connectivity index (χ3n) is 4.18. The fourth-order valence-electron chi connectivity index (χ4n) is 2.69. The lowest BCUT2D eigenvalue weighted by Crippen LogP contribution is -2.36. The first-order chi connectivity index (χ1) is 12.2. The fraction of sp³-hybridized carbons (Fsp3) is 0.250. The standard InChI is InChI=1S/C20H23N3O2/c1-16(18-5-3-2-4-6-18)21-22-20(24)19-9-7-17(8-10-19)15-23-11-13-25-14-12-23/h2-10,21H,1,11-15H2,(H,22,24). The maximum absolute atomic E-state index is 12.2. The second-order valence-corrected chi connectivity index (χ2v) is 6.01. The van der Waals surface area contributed by atoms with E-state index in [1.54, 1.807) is 0 Å². The molecule has 0 saturated carbocycles. The first-order valence-electron chi connectivity index (χ1n) is 8.42. The van der Waals surface area contributed by atoms with Gasteiger partial charge in [-0.2, -0.15) is 0 Å². The van der Waals surface area contributed by atoms with Crippen molar-refractivity contribution in [3.63, 3.8) is 0 Å². The summed E-state index contributed by atoms with van der Waals surface area (Å²) in [7, 11) is 0. The minimum atomic E-state index is -0.185. The van der Waals surface area contributed by atoms with Gasteiger partial charge in [-0.1, -0.05) is 49.0 Å². The lowest BCUT2D eigenvalue weighted by Gasteiger charge is -2.26. The van der Waals surface area contributed by atoms with E-state index >= 15 is 0 Å². The number of amides is 1. The Bertz CT molecular complexity index is 707. The Morgan fingerprint density at radius 2 is 1.64 bits per heavy atom. The van der Waals surface area contributed by atoms with E-state index in [9.17, 15) is 4.79 Å². The molecule has 0 aromatic heterocycles. The quantitative estimate of drug-likeness (QED) is 0.795. The number of carbonyl (C=O) groups is 1. The molecule has 5 heteroatoms. The lowest BCUT2D eigenvalue weighted by atomic mass is 10.1. The van der Waals surface area contributed by atoms with Crippen LogP contribution in [0.4, 0.5) is 0 Å². The molecule has 1 saturated heterocycles. The molecule has 1 amide bonds. The molecule has 1 heterocycles. The highest BCUT2D eigenvalue weighted by molar-refractivity contribution is 5.94. The van der Waals surface area contributed by atoms with E-state index in [4.69, 9.17) is 4.74 Å². The van der Waals surface area contributed by atoms with Gasteiger partial charge in [-0.25, -0.2) is 0 Å². The smallest absolute Gasteiger partial charge is 0.269 e. The minimum absolute atomic E-state index is 0.185. The van der Waals surface area contributed by atoms with Crippen molar-refractivity contribution < 1.29 is 9.53 Å². The Morgan fingerprint density at radius 1 is 0.960 bits per heavy atom. The molecule has 0 atom stereocenters. The molecule has 1 fully saturated rings. The van der Waals surface area contributed by atoms with Gasteiger partial charge >= 0.3 is 0 Å². The van der Waals surface area contributed by atoms with Crippen molar-refractivity contribution in [3.8, 4) is 0 Å². The molecule has 0 unspecified atom stereocenters. The van der Waals surface area contributed by atoms with Crippen molar-refractivity contribution in [2.75, 3.05) is 26.3 Å². The number of hydrogen-bond donors (Lipinski definition) is 2. The van der Waals surface area contributed by atoms with Crippen LogP contribution in [0.5, 0.6) is 0 Å². The van der Waals surface area contributed by atoms with E-state index < -0.39 is 0 Å². The zero-order valence-corrected chi connectivity index (χ0v) is 14.2. The first-order valence-corrected chi connectivity index (χ1v) is 8.42. The maximum atomic E-state index is 12.2. The normalized spacial score (nSPS) is 14.7. The van der Waals surface area contributed by atoms with Gasteiger partial charge in [0, 0.05) is 25.2 Å². The summed E-state index contributed by atoms with van der Waals surface area (Å²) in [6, 6.07) is 17.3. The first kappa shape index (κ1) is 17.2. The van der Waals surface area contributed by atoms with Gasteiger partial charge in [0.25, 0.3) is 5.91 Å². The highest BCUT2D eigenvalue weighted by Crippen LogP contribution is 2.10. The van der Waals surface area contributed by atoms with E-state index in [2.05, 4.69) is 22.3 Å². The van der Waals surface area contributed by atoms with Gasteiger partial charge in [0.1, 0.15) is 0 Å². The van der Waals surface area contributed by atoms with Gasteiger partial charge in [0.05, 0.1) is 18.9 Å². The summed E-state index contributed by atoms with van der Waals surface area (Å²) < 4.78 is 5.36. The molecular weight excluding hydrogens is 314 g/mol. The Hall–Kier alpha value is -2.63. The Morgan fingerprint density at radius 3 is 2.32 bits per heavy atom. The van der Waals surface area contributed by atoms with Crippen LogP contribution in [0, 0.1) is 0 Å². The van der Waals surface area contributed by atoms with E-state index in [1.807, 2.05) is 54.6 Å². The SMILES string of the molecule is C=C(NNC(=O)c1ccc(CN2CCOCC2)cc1)c1ccccc1. The van der Waals surface area contributed by atoms with Crippen molar-refractivity contribution in [2.24, 2.45) is 0 Å². The maximum Gasteiger partial charge on any atom is 0.269 e. The average Bonchev–Trinajstić information content (AvgIpc) is 2.68. The second-order valence-electron chi connectivity index (χ2n) is 6.01. The molecule has 5 nitrogen and oxygen atoms in total. The van der Waals surface area contributed by atoms with Crippen LogP contribution in [-0.2, 0) is 11.3 Å². The number of hydrazine groups is 1. The molecule has 1 aliphatic heterocycles. The summed E-state index contributed by atoms with van der Waals surface area (Å²) in [4.78, 5) is 14.6. The number of nitrogens with zero attached hydrogens (tertiary/aromatic N) is 1. The van der Waals surface area contributed by atoms with Gasteiger partial charge in [-0.3, -0.25) is 20.5 Å². The van der Waals surface area contributed by atoms with Crippen LogP contribution in [0.2, 0.25) is 0 Å². The van der Waals surface area contributed by atoms with Crippen LogP contribution in [-0.4, -0.2) is 37.1 Å². The summed E-state index contributed by atoms with van der Waals surface area (Å²) in [5.74, 6) is -0.185. The predicted molar refractivity (Wildman–Crippen MR) is 98.6 cm³/mol. The van der Waals surface area contributed by atoms with Crippen LogP contribution in [0.25, 0.3) is 5.70 Å². The molecule has 2 aromatic rings. The summed E-state index contributed by atoms with van der Waals surface area (Å²) in [5, 5.41) is 0. The molecule has 25 heavy (non-hydrogen) atoms. The number of ether oxygens (including phenoxy) is 1. The summed E-state index contributed by atoms with van der Waals surface area (Å²) >= 11 is 0. The Kier molecular flexibility index (Phi) is 5.82. The number of nitrogens with one attached hydrogen (secondary N) is 2. The number of hydrogen-bond acceptors (Lipinski definition) is 4. The Labute approximate surface area is 148 Å². The van der Waals surface area contributed by atoms with Gasteiger partial charge < -0.3 is 4.74 Å². The molecule has 3 rings (SSSR count). The number of carbonyl (C=O) groups excluding carboxylic acids is 1. The zero-order valence-electron chi connectivity index (χ0n) is 14.2. The molecule has 1 aliphatic rings. The average molecular weight is 337 g/mol. The van der Waals surface area contributed by atoms with Gasteiger partial charge in [-0.05, 0) is 23.3 Å². The van der Waals surface area contributed by atoms with Crippen molar-refractivity contribution in [3.05, 3.63) is 77.9 Å². The van der Waals surface area contributed by atoms with E-state index in [0.29, 0.717) is 11.3 Å². The van der Waals surface area contributed by atoms with Crippen molar-refractivity contribution in [1.82, 2.24) is 15.8 Å². The lowest BCUT2D eigenvalue weighted by molar-refractivity contribution is 0.0342. The van der Waals surface area contributed by atoms with E-state index in [-0.39, 0.29) is 5.91 Å². The highest BCUT2D eigenvalue weighted by Gasteiger charge is 2.11. The van der Waals surface area contributed by atoms with Crippen LogP contribution >= 0.6 is 0 Å². The number of morpholine rings is 1. The summed E-state index contributed by atoms with van der Waals surface area (Å²) in [6.07, 6.45) is 0. The highest BCUT2D eigenvalue weighted by atomic mass is 16.5. The van der Waals surface area contributed by atoms with Crippen LogP contribution < -0.4 is 10.9 Å². The minimum Gasteiger partial charge on any atom is -0.379 e. The van der Waals surface area contributed by atoms with E-state index in [0.717, 1.165) is 38.4 Å². The topological polar surface area (TPSA) is 53.6 Å². The molecule has 2 aromatic carbocycles. The van der Waals surface area contributed by atoms with Crippen molar-refractivity contribution >= 4 is 11.6 Å². The van der Waals surface area contributed by atoms with Crippen LogP contribution in [0.3, 0.4) is 0 Å². The molecule has 0 spiro atoms. The molecule has 0 bridgehead atoms. The van der Waals surface area contributed by atoms with E-state index in [1.165, 1.54) is 5.56 Å². The predicted octanol–water partition coefficient (Wildman–Crippen LogP) is 2.42. The number of benzene rings is 2. The van der Waals surface area contributed by atoms with Gasteiger partial charge in [-0.15, -0.1) is 0 Å². The molecule has 0 aliphatic carbocycles. The van der Waals surface area contributed by atoms with Crippen molar-refractivity contribution in [1.29, 1.82) is 0 Å². The fourth-order valence-corrected chi connectivity index (χ4v) is 2.69. The molecule has 130 valence electrons. The number of rotatable bonds is 6. The molecule has 0 radical (unpaired) electrons. The zero-order chi connectivity index (χ0) is 17.5. The molecule has 2 N–H and O–H groups in total. The third kappa shape index (κ3) is 4.92. The van der Waals surface area contributed by atoms with Gasteiger partial charge in [0.2, 0.25) is 0 Å². The monoisotopic (exact) mass is 337 g/mol. The van der Waals surface area contributed by atoms with Crippen molar-refractivity contribution in [2.45, 2.75) is 6.54 Å². The second kappa shape index (κ2) is 8.46. The largest absolute Gasteiger partial charge is 0.379 e. The van der Waals surface area contributed by atoms with Crippen LogP contribution in [0.1, 0.15) is 21.5 Å². The van der Waals surface area contributed by atoms with Crippen LogP contribution in [0.15, 0.2) is 61.2 Å².